The molecule has 82 valence electrons. The van der Waals surface area contributed by atoms with E-state index in [2.05, 4.69) is 27.4 Å². The summed E-state index contributed by atoms with van der Waals surface area (Å²) in [5.41, 5.74) is 2.98. The first-order valence-corrected chi connectivity index (χ1v) is 5.19. The van der Waals surface area contributed by atoms with Crippen molar-refractivity contribution in [3.8, 4) is 0 Å². The van der Waals surface area contributed by atoms with Gasteiger partial charge in [-0.25, -0.2) is 0 Å². The molecule has 0 amide bonds. The van der Waals surface area contributed by atoms with Crippen LogP contribution in [0.4, 0.5) is 0 Å². The van der Waals surface area contributed by atoms with Crippen LogP contribution in [-0.4, -0.2) is 6.29 Å². The molecule has 0 aromatic heterocycles. The van der Waals surface area contributed by atoms with Crippen molar-refractivity contribution in [3.05, 3.63) is 47.6 Å². The van der Waals surface area contributed by atoms with E-state index in [1.165, 1.54) is 5.57 Å². The van der Waals surface area contributed by atoms with E-state index < -0.39 is 0 Å². The number of rotatable bonds is 5. The molecule has 0 unspecified atom stereocenters. The van der Waals surface area contributed by atoms with Gasteiger partial charge < -0.3 is 0 Å². The molecule has 0 atom stereocenters. The summed E-state index contributed by atoms with van der Waals surface area (Å²) in [6.07, 6.45) is 8.26. The van der Waals surface area contributed by atoms with Gasteiger partial charge in [0.1, 0.15) is 6.29 Å². The van der Waals surface area contributed by atoms with Crippen LogP contribution in [-0.2, 0) is 4.79 Å². The summed E-state index contributed by atoms with van der Waals surface area (Å²) in [5, 5.41) is 0. The van der Waals surface area contributed by atoms with Gasteiger partial charge in [-0.3, -0.25) is 4.79 Å². The summed E-state index contributed by atoms with van der Waals surface area (Å²) in [5.74, 6) is 0.477. The highest BCUT2D eigenvalue weighted by atomic mass is 16.1. The molecule has 0 aromatic rings. The largest absolute Gasteiger partial charge is 0.298 e. The van der Waals surface area contributed by atoms with Crippen LogP contribution in [0.3, 0.4) is 0 Å². The van der Waals surface area contributed by atoms with Gasteiger partial charge in [-0.2, -0.15) is 0 Å². The van der Waals surface area contributed by atoms with Crippen molar-refractivity contribution in [2.75, 3.05) is 0 Å². The molecule has 1 heteroatoms. The number of hydrogen-bond acceptors (Lipinski definition) is 1. The zero-order chi connectivity index (χ0) is 11.8. The van der Waals surface area contributed by atoms with Crippen LogP contribution in [0.25, 0.3) is 0 Å². The van der Waals surface area contributed by atoms with E-state index in [-0.39, 0.29) is 0 Å². The molecule has 0 saturated carbocycles. The third-order valence-corrected chi connectivity index (χ3v) is 2.36. The standard InChI is InChI=1S/C14H20O/c1-6-8-14(12(5)11(3)4)9-13(7-2)10-15/h6-11H,2H2,1,3-5H3/b8-6-,13-9+,14-12-. The first kappa shape index (κ1) is 13.6. The Morgan fingerprint density at radius 1 is 1.33 bits per heavy atom. The number of hydrogen-bond donors (Lipinski definition) is 0. The van der Waals surface area contributed by atoms with E-state index in [1.54, 1.807) is 6.08 Å². The molecule has 0 radical (unpaired) electrons. The van der Waals surface area contributed by atoms with Gasteiger partial charge in [-0.1, -0.05) is 44.2 Å². The maximum Gasteiger partial charge on any atom is 0.150 e. The Hall–Kier alpha value is -1.37. The quantitative estimate of drug-likeness (QED) is 0.378. The third kappa shape index (κ3) is 4.59. The van der Waals surface area contributed by atoms with Crippen molar-refractivity contribution >= 4 is 6.29 Å². The predicted molar refractivity (Wildman–Crippen MR) is 66.7 cm³/mol. The van der Waals surface area contributed by atoms with Gasteiger partial charge in [0.15, 0.2) is 0 Å². The minimum Gasteiger partial charge on any atom is -0.298 e. The lowest BCUT2D eigenvalue weighted by atomic mass is 9.97. The Morgan fingerprint density at radius 3 is 2.27 bits per heavy atom. The van der Waals surface area contributed by atoms with Crippen LogP contribution < -0.4 is 0 Å². The van der Waals surface area contributed by atoms with E-state index in [0.717, 1.165) is 11.9 Å². The molecule has 0 aliphatic rings. The fraction of sp³-hybridized carbons (Fsp3) is 0.357. The summed E-state index contributed by atoms with van der Waals surface area (Å²) in [4.78, 5) is 10.7. The van der Waals surface area contributed by atoms with Crippen LogP contribution in [0.15, 0.2) is 47.6 Å². The van der Waals surface area contributed by atoms with E-state index in [4.69, 9.17) is 0 Å². The van der Waals surface area contributed by atoms with Gasteiger partial charge in [0.05, 0.1) is 0 Å². The molecule has 0 N–H and O–H groups in total. The summed E-state index contributed by atoms with van der Waals surface area (Å²) in [6, 6.07) is 0. The highest BCUT2D eigenvalue weighted by molar-refractivity contribution is 5.78. The van der Waals surface area contributed by atoms with Crippen molar-refractivity contribution in [2.24, 2.45) is 5.92 Å². The van der Waals surface area contributed by atoms with Gasteiger partial charge in [0.2, 0.25) is 0 Å². The van der Waals surface area contributed by atoms with Crippen LogP contribution in [0.5, 0.6) is 0 Å². The average Bonchev–Trinajstić information content (AvgIpc) is 2.23. The Labute approximate surface area is 92.9 Å². The van der Waals surface area contributed by atoms with Gasteiger partial charge in [0.25, 0.3) is 0 Å². The molecule has 0 spiro atoms. The van der Waals surface area contributed by atoms with Gasteiger partial charge in [0, 0.05) is 5.57 Å². The summed E-state index contributed by atoms with van der Waals surface area (Å²) >= 11 is 0. The van der Waals surface area contributed by atoms with Gasteiger partial charge in [-0.15, -0.1) is 0 Å². The number of carbonyl (C=O) groups excluding carboxylic acids is 1. The topological polar surface area (TPSA) is 17.1 Å². The summed E-state index contributed by atoms with van der Waals surface area (Å²) < 4.78 is 0. The lowest BCUT2D eigenvalue weighted by Crippen LogP contribution is -1.93. The van der Waals surface area contributed by atoms with Crippen molar-refractivity contribution in [1.29, 1.82) is 0 Å². The van der Waals surface area contributed by atoms with Gasteiger partial charge in [-0.05, 0) is 31.4 Å². The van der Waals surface area contributed by atoms with E-state index in [0.29, 0.717) is 11.5 Å². The molecule has 0 rings (SSSR count). The maximum absolute atomic E-state index is 10.7. The molecule has 0 aliphatic heterocycles. The minimum absolute atomic E-state index is 0.477. The second-order valence-corrected chi connectivity index (χ2v) is 3.76. The second-order valence-electron chi connectivity index (χ2n) is 3.76. The molecular formula is C14H20O. The lowest BCUT2D eigenvalue weighted by molar-refractivity contribution is -0.104. The number of aldehydes is 1. The maximum atomic E-state index is 10.7. The van der Waals surface area contributed by atoms with Crippen LogP contribution >= 0.6 is 0 Å². The highest BCUT2D eigenvalue weighted by Gasteiger charge is 2.02. The monoisotopic (exact) mass is 204 g/mol. The molecule has 0 aromatic carbocycles. The van der Waals surface area contributed by atoms with E-state index >= 15 is 0 Å². The Morgan fingerprint density at radius 2 is 1.93 bits per heavy atom. The molecule has 0 bridgehead atoms. The van der Waals surface area contributed by atoms with E-state index in [9.17, 15) is 4.79 Å². The normalized spacial score (nSPS) is 14.3. The fourth-order valence-electron chi connectivity index (χ4n) is 1.13. The Balaban J connectivity index is 5.33. The average molecular weight is 204 g/mol. The predicted octanol–water partition coefficient (Wildman–Crippen LogP) is 3.85. The van der Waals surface area contributed by atoms with Gasteiger partial charge >= 0.3 is 0 Å². The van der Waals surface area contributed by atoms with Crippen LogP contribution in [0.1, 0.15) is 27.7 Å². The molecule has 0 aliphatic carbocycles. The van der Waals surface area contributed by atoms with Crippen molar-refractivity contribution in [3.63, 3.8) is 0 Å². The molecule has 0 heterocycles. The minimum atomic E-state index is 0.477. The van der Waals surface area contributed by atoms with Crippen molar-refractivity contribution in [1.82, 2.24) is 0 Å². The van der Waals surface area contributed by atoms with Crippen molar-refractivity contribution < 1.29 is 4.79 Å². The molecule has 0 fully saturated rings. The van der Waals surface area contributed by atoms with Crippen molar-refractivity contribution in [2.45, 2.75) is 27.7 Å². The second kappa shape index (κ2) is 6.99. The smallest absolute Gasteiger partial charge is 0.150 e. The number of allylic oxidation sites excluding steroid dienone is 7. The lowest BCUT2D eigenvalue weighted by Gasteiger charge is -2.09. The SMILES string of the molecule is C=C\C(C=O)=C/C(/C=C\C)=C(/C)C(C)C. The fourth-order valence-corrected chi connectivity index (χ4v) is 1.13. The Bertz CT molecular complexity index is 304. The zero-order valence-electron chi connectivity index (χ0n) is 10.1. The Kier molecular flexibility index (Phi) is 6.35. The van der Waals surface area contributed by atoms with Crippen LogP contribution in [0.2, 0.25) is 0 Å². The molecule has 1 nitrogen and oxygen atoms in total. The van der Waals surface area contributed by atoms with E-state index in [1.807, 2.05) is 25.2 Å². The summed E-state index contributed by atoms with van der Waals surface area (Å²) in [7, 11) is 0. The zero-order valence-corrected chi connectivity index (χ0v) is 10.1. The molecule has 0 saturated heterocycles. The highest BCUT2D eigenvalue weighted by Crippen LogP contribution is 2.17. The first-order chi connectivity index (χ1) is 7.06. The first-order valence-electron chi connectivity index (χ1n) is 5.19. The molecule has 15 heavy (non-hydrogen) atoms. The van der Waals surface area contributed by atoms with Crippen LogP contribution in [0, 0.1) is 5.92 Å². The number of carbonyl (C=O) groups is 1. The molecular weight excluding hydrogens is 184 g/mol. The summed E-state index contributed by atoms with van der Waals surface area (Å²) in [6.45, 7) is 11.9. The third-order valence-electron chi connectivity index (χ3n) is 2.36.